The van der Waals surface area contributed by atoms with Crippen LogP contribution in [-0.4, -0.2) is 51.7 Å². The van der Waals surface area contributed by atoms with E-state index in [0.29, 0.717) is 18.0 Å². The van der Waals surface area contributed by atoms with E-state index in [4.69, 9.17) is 5.73 Å². The second kappa shape index (κ2) is 23.5. The molecule has 1 saturated heterocycles. The monoisotopic (exact) mass is 671 g/mol. The Balaban J connectivity index is 0. The number of amides is 1. The molecule has 0 radical (unpaired) electrons. The van der Waals surface area contributed by atoms with Gasteiger partial charge in [-0.2, -0.15) is 0 Å². The van der Waals surface area contributed by atoms with Gasteiger partial charge in [0.1, 0.15) is 5.82 Å². The van der Waals surface area contributed by atoms with E-state index in [1.54, 1.807) is 35.9 Å². The summed E-state index contributed by atoms with van der Waals surface area (Å²) >= 11 is 1.71. The van der Waals surface area contributed by atoms with Gasteiger partial charge in [0.25, 0.3) is 0 Å². The summed E-state index contributed by atoms with van der Waals surface area (Å²) in [6, 6.07) is 7.59. The summed E-state index contributed by atoms with van der Waals surface area (Å²) in [4.78, 5) is 29.9. The van der Waals surface area contributed by atoms with Crippen LogP contribution in [0, 0.1) is 25.7 Å². The van der Waals surface area contributed by atoms with E-state index in [1.807, 2.05) is 71.2 Å². The standard InChI is InChI=1S/C28H36N4O2S.C6H11N.C2H6.2C2H2/c1-9-10-11-26-20(3)32(22(5)30(26)8)24-14-12-23(13-15-24)16-25(21(4)34)29-19(2)27-28(6,7)35-18-31(27)17-33;1-3-4-6(2)5-7;3*1-2/h9-15,17,25,27,29H,1-2,5,16,18H2,3-4,6-8H3;3-5H,7H2,1-2H3;1-2H3;2*1-2H/b11-10-;4-3-,6-5-;;;/t25?,27-;;;;/m1..../s1. The van der Waals surface area contributed by atoms with E-state index in [1.165, 1.54) is 0 Å². The molecule has 3 N–H and O–H groups in total. The second-order valence-electron chi connectivity index (χ2n) is 10.9. The summed E-state index contributed by atoms with van der Waals surface area (Å²) in [5, 5.41) is 3.33. The van der Waals surface area contributed by atoms with Gasteiger partial charge >= 0.3 is 0 Å². The molecule has 0 spiro atoms. The van der Waals surface area contributed by atoms with Crippen LogP contribution in [0.15, 0.2) is 109 Å². The summed E-state index contributed by atoms with van der Waals surface area (Å²) in [6.07, 6.45) is 28.6. The predicted octanol–water partition coefficient (Wildman–Crippen LogP) is 7.75. The predicted molar refractivity (Wildman–Crippen MR) is 210 cm³/mol. The van der Waals surface area contributed by atoms with Crippen molar-refractivity contribution in [1.29, 1.82) is 0 Å². The highest BCUT2D eigenvalue weighted by molar-refractivity contribution is 8.00. The molecule has 1 amide bonds. The van der Waals surface area contributed by atoms with Crippen LogP contribution < -0.4 is 16.0 Å². The Hall–Kier alpha value is -4.79. The number of anilines is 1. The number of carbonyl (C=O) groups is 2. The Morgan fingerprint density at radius 2 is 1.73 bits per heavy atom. The minimum atomic E-state index is -0.423. The van der Waals surface area contributed by atoms with E-state index in [9.17, 15) is 9.59 Å². The number of nitrogens with one attached hydrogen (secondary N) is 1. The number of allylic oxidation sites excluding steroid dienone is 7. The maximum atomic E-state index is 12.5. The van der Waals surface area contributed by atoms with Crippen LogP contribution in [0.5, 0.6) is 0 Å². The molecule has 0 aliphatic carbocycles. The Labute approximate surface area is 296 Å². The summed E-state index contributed by atoms with van der Waals surface area (Å²) in [6.45, 7) is 28.0. The minimum Gasteiger partial charge on any atom is -0.404 e. The number of thioether (sulfide) groups is 1. The van der Waals surface area contributed by atoms with Gasteiger partial charge in [-0.1, -0.05) is 70.0 Å². The number of benzene rings is 1. The fourth-order valence-corrected chi connectivity index (χ4v) is 6.14. The second-order valence-corrected chi connectivity index (χ2v) is 12.5. The summed E-state index contributed by atoms with van der Waals surface area (Å²) in [7, 11) is 1.99. The van der Waals surface area contributed by atoms with Gasteiger partial charge in [-0.25, -0.2) is 0 Å². The fourth-order valence-electron chi connectivity index (χ4n) is 5.01. The smallest absolute Gasteiger partial charge is 0.211 e. The van der Waals surface area contributed by atoms with Gasteiger partial charge in [-0.15, -0.1) is 37.5 Å². The normalized spacial score (nSPS) is 17.1. The third-order valence-electron chi connectivity index (χ3n) is 7.32. The van der Waals surface area contributed by atoms with Crippen molar-refractivity contribution in [2.24, 2.45) is 5.73 Å². The van der Waals surface area contributed by atoms with Crippen LogP contribution in [0.2, 0.25) is 0 Å². The zero-order valence-corrected chi connectivity index (χ0v) is 31.3. The molecule has 2 heterocycles. The van der Waals surface area contributed by atoms with Gasteiger partial charge in [-0.05, 0) is 83.5 Å². The number of nitrogens with zero attached hydrogens (tertiary/aromatic N) is 3. The molecule has 1 unspecified atom stereocenters. The molecule has 1 aromatic rings. The number of terminal acetylenes is 2. The Bertz CT molecular complexity index is 1370. The number of hydrogen-bond donors (Lipinski definition) is 2. The Morgan fingerprint density at radius 3 is 2.17 bits per heavy atom. The molecule has 8 heteroatoms. The maximum absolute atomic E-state index is 12.5. The SMILES string of the molecule is C#C.C#C.C/C=C\C(C)=C/N.C=C/C=C\C1=C(C)N(c2ccc(CC(NC(=C)[C@H]3N(C=O)CSC3(C)C)C(C)=O)cc2)C(=C)N1C.CC. The van der Waals surface area contributed by atoms with Crippen LogP contribution >= 0.6 is 11.8 Å². The lowest BCUT2D eigenvalue weighted by atomic mass is 9.97. The number of nitrogens with two attached hydrogens (primary N) is 1. The van der Waals surface area contributed by atoms with Crippen molar-refractivity contribution in [1.82, 2.24) is 15.1 Å². The number of Topliss-reactive ketones (excluding diaryl/α,β-unsaturated/α-hetero) is 1. The molecule has 3 rings (SSSR count). The lowest BCUT2D eigenvalue weighted by Gasteiger charge is -2.33. The van der Waals surface area contributed by atoms with E-state index >= 15 is 0 Å². The van der Waals surface area contributed by atoms with Gasteiger partial charge in [0, 0.05) is 28.9 Å². The molecule has 2 aliphatic rings. The average Bonchev–Trinajstić information content (AvgIpc) is 3.52. The highest BCUT2D eigenvalue weighted by Crippen LogP contribution is 2.41. The van der Waals surface area contributed by atoms with Crippen molar-refractivity contribution < 1.29 is 9.59 Å². The lowest BCUT2D eigenvalue weighted by molar-refractivity contribution is -0.118. The molecule has 2 atom stereocenters. The van der Waals surface area contributed by atoms with Gasteiger partial charge in [-0.3, -0.25) is 14.5 Å². The number of rotatable bonds is 11. The summed E-state index contributed by atoms with van der Waals surface area (Å²) in [5.74, 6) is 1.52. The van der Waals surface area contributed by atoms with Crippen LogP contribution in [0.4, 0.5) is 5.69 Å². The van der Waals surface area contributed by atoms with Gasteiger partial charge in [0.15, 0.2) is 5.78 Å². The fraction of sp³-hybridized carbons (Fsp3) is 0.350. The van der Waals surface area contributed by atoms with Crippen LogP contribution in [0.25, 0.3) is 0 Å². The molecule has 1 aromatic carbocycles. The zero-order chi connectivity index (χ0) is 37.6. The first kappa shape index (κ1) is 45.3. The van der Waals surface area contributed by atoms with Crippen molar-refractivity contribution in [3.63, 3.8) is 0 Å². The summed E-state index contributed by atoms with van der Waals surface area (Å²) in [5.41, 5.74) is 11.1. The van der Waals surface area contributed by atoms with Gasteiger partial charge in [0.2, 0.25) is 6.41 Å². The lowest BCUT2D eigenvalue weighted by Crippen LogP contribution is -2.48. The van der Waals surface area contributed by atoms with Crippen molar-refractivity contribution in [3.8, 4) is 25.7 Å². The molecule has 0 bridgehead atoms. The maximum Gasteiger partial charge on any atom is 0.211 e. The molecule has 2 aliphatic heterocycles. The number of likely N-dealkylation sites (N-methyl/N-ethyl adjacent to an activating group) is 1. The van der Waals surface area contributed by atoms with Crippen molar-refractivity contribution in [3.05, 3.63) is 115 Å². The largest absolute Gasteiger partial charge is 0.404 e. The van der Waals surface area contributed by atoms with Crippen LogP contribution in [0.3, 0.4) is 0 Å². The number of hydrogen-bond acceptors (Lipinski definition) is 7. The highest BCUT2D eigenvalue weighted by Gasteiger charge is 2.43. The van der Waals surface area contributed by atoms with E-state index in [0.717, 1.165) is 40.4 Å². The number of carbonyl (C=O) groups excluding carboxylic acids is 2. The molecule has 0 aromatic heterocycles. The van der Waals surface area contributed by atoms with Gasteiger partial charge < -0.3 is 20.9 Å². The third kappa shape index (κ3) is 12.8. The Kier molecular flexibility index (Phi) is 22.2. The van der Waals surface area contributed by atoms with Crippen molar-refractivity contribution in [2.75, 3.05) is 17.8 Å². The molecular weight excluding hydrogens is 615 g/mol. The molecule has 0 saturated carbocycles. The third-order valence-corrected chi connectivity index (χ3v) is 8.72. The number of ketones is 1. The van der Waals surface area contributed by atoms with Crippen LogP contribution in [0.1, 0.15) is 61.0 Å². The molecule has 7 nitrogen and oxygen atoms in total. The van der Waals surface area contributed by atoms with Crippen LogP contribution in [-0.2, 0) is 16.0 Å². The molecular formula is C40H57N5O2S. The first-order valence-electron chi connectivity index (χ1n) is 15.6. The quantitative estimate of drug-likeness (QED) is 0.142. The first-order chi connectivity index (χ1) is 22.8. The minimum absolute atomic E-state index is 0.0308. The van der Waals surface area contributed by atoms with Gasteiger partial charge in [0.05, 0.1) is 23.7 Å². The average molecular weight is 672 g/mol. The highest BCUT2D eigenvalue weighted by atomic mass is 32.2. The van der Waals surface area contributed by atoms with Crippen molar-refractivity contribution in [2.45, 2.75) is 78.6 Å². The topological polar surface area (TPSA) is 81.9 Å². The first-order valence-corrected chi connectivity index (χ1v) is 16.6. The summed E-state index contributed by atoms with van der Waals surface area (Å²) < 4.78 is -0.176. The van der Waals surface area contributed by atoms with Crippen molar-refractivity contribution >= 4 is 29.6 Å². The van der Waals surface area contributed by atoms with E-state index in [2.05, 4.69) is 93.5 Å². The zero-order valence-electron chi connectivity index (χ0n) is 30.5. The molecule has 260 valence electrons. The molecule has 48 heavy (non-hydrogen) atoms. The van der Waals surface area contributed by atoms with E-state index in [-0.39, 0.29) is 16.6 Å². The molecule has 1 fully saturated rings. The Morgan fingerprint density at radius 1 is 1.17 bits per heavy atom. The van der Waals surface area contributed by atoms with E-state index < -0.39 is 6.04 Å².